The summed E-state index contributed by atoms with van der Waals surface area (Å²) in [6.45, 7) is 0. The number of hydrogen-bond donors (Lipinski definition) is 2. The maximum atomic E-state index is 12.9. The van der Waals surface area contributed by atoms with Crippen LogP contribution in [0, 0.1) is 11.3 Å². The Morgan fingerprint density at radius 2 is 2.06 bits per heavy atom. The summed E-state index contributed by atoms with van der Waals surface area (Å²) in [6, 6.07) is 16.1. The molecule has 1 amide bonds. The molecule has 4 aromatic rings. The molecule has 0 bridgehead atoms. The predicted octanol–water partition coefficient (Wildman–Crippen LogP) is 4.09. The van der Waals surface area contributed by atoms with Crippen LogP contribution in [0.15, 0.2) is 63.9 Å². The number of nitriles is 1. The Balaban J connectivity index is 1.57. The number of nitrogen functional groups attached to an aromatic ring is 1. The summed E-state index contributed by atoms with van der Waals surface area (Å²) in [5.74, 6) is 5.56. The molecule has 3 N–H and O–H groups in total. The Morgan fingerprint density at radius 1 is 1.29 bits per heavy atom. The first kappa shape index (κ1) is 20.9. The number of nitrogens with zero attached hydrogens (tertiary/aromatic N) is 3. The largest absolute Gasteiger partial charge is 0.334 e. The molecule has 10 heteroatoms. The van der Waals surface area contributed by atoms with Crippen LogP contribution in [0.25, 0.3) is 21.3 Å². The van der Waals surface area contributed by atoms with Gasteiger partial charge in [0.25, 0.3) is 5.56 Å². The average molecular weight is 468 g/mol. The maximum absolute atomic E-state index is 12.9. The number of benzene rings is 2. The van der Waals surface area contributed by atoms with Crippen molar-refractivity contribution >= 4 is 56.5 Å². The highest BCUT2D eigenvalue weighted by Gasteiger charge is 2.17. The van der Waals surface area contributed by atoms with E-state index >= 15 is 0 Å². The van der Waals surface area contributed by atoms with Crippen LogP contribution in [0.1, 0.15) is 5.56 Å². The number of rotatable bonds is 5. The van der Waals surface area contributed by atoms with Gasteiger partial charge >= 0.3 is 0 Å². The predicted molar refractivity (Wildman–Crippen MR) is 125 cm³/mol. The minimum absolute atomic E-state index is 0.0521. The van der Waals surface area contributed by atoms with E-state index in [1.165, 1.54) is 23.5 Å². The summed E-state index contributed by atoms with van der Waals surface area (Å²) in [5.41, 5.74) is 1.92. The number of amides is 1. The van der Waals surface area contributed by atoms with Crippen molar-refractivity contribution in [1.82, 2.24) is 9.66 Å². The van der Waals surface area contributed by atoms with E-state index in [1.54, 1.807) is 6.07 Å². The minimum Gasteiger partial charge on any atom is -0.334 e. The van der Waals surface area contributed by atoms with Gasteiger partial charge in [-0.15, -0.1) is 11.3 Å². The molecule has 0 aliphatic rings. The van der Waals surface area contributed by atoms with Gasteiger partial charge in [0.15, 0.2) is 5.16 Å². The Kier molecular flexibility index (Phi) is 5.95. The summed E-state index contributed by atoms with van der Waals surface area (Å²) in [5, 5.41) is 14.8. The van der Waals surface area contributed by atoms with E-state index in [-0.39, 0.29) is 22.4 Å². The molecular formula is C21H14ClN5O2S2. The fourth-order valence-electron chi connectivity index (χ4n) is 2.95. The topological polar surface area (TPSA) is 114 Å². The van der Waals surface area contributed by atoms with Gasteiger partial charge in [-0.3, -0.25) is 9.59 Å². The van der Waals surface area contributed by atoms with Crippen molar-refractivity contribution < 1.29 is 4.79 Å². The molecule has 0 saturated heterocycles. The second-order valence-corrected chi connectivity index (χ2v) is 8.64. The Hall–Kier alpha value is -3.32. The standard InChI is InChI=1S/C21H14ClN5O2S2/c22-14-7-6-13(9-23)16(8-14)25-17(28)11-31-21-26-19-18(20(29)27(21)24)15(10-30-19)12-4-2-1-3-5-12/h1-8,10H,11,24H2,(H,25,28). The van der Waals surface area contributed by atoms with E-state index < -0.39 is 0 Å². The number of nitrogens with one attached hydrogen (secondary N) is 1. The first-order valence-electron chi connectivity index (χ1n) is 8.95. The lowest BCUT2D eigenvalue weighted by molar-refractivity contribution is -0.113. The summed E-state index contributed by atoms with van der Waals surface area (Å²) in [6.07, 6.45) is 0. The minimum atomic E-state index is -0.380. The molecule has 31 heavy (non-hydrogen) atoms. The van der Waals surface area contributed by atoms with Crippen molar-refractivity contribution in [3.05, 3.63) is 74.9 Å². The molecule has 0 aliphatic carbocycles. The third-order valence-electron chi connectivity index (χ3n) is 4.40. The van der Waals surface area contributed by atoms with Crippen molar-refractivity contribution in [1.29, 1.82) is 5.26 Å². The van der Waals surface area contributed by atoms with E-state index in [2.05, 4.69) is 10.3 Å². The van der Waals surface area contributed by atoms with Crippen molar-refractivity contribution in [2.45, 2.75) is 5.16 Å². The molecule has 2 aromatic heterocycles. The van der Waals surface area contributed by atoms with Gasteiger partial charge in [-0.2, -0.15) is 5.26 Å². The number of fused-ring (bicyclic) bond motifs is 1. The molecule has 154 valence electrons. The summed E-state index contributed by atoms with van der Waals surface area (Å²) in [4.78, 5) is 30.3. The number of nitrogens with two attached hydrogens (primary N) is 1. The Bertz CT molecular complexity index is 1390. The summed E-state index contributed by atoms with van der Waals surface area (Å²) < 4.78 is 0.958. The lowest BCUT2D eigenvalue weighted by Gasteiger charge is -2.09. The van der Waals surface area contributed by atoms with Crippen molar-refractivity contribution in [2.24, 2.45) is 0 Å². The van der Waals surface area contributed by atoms with Gasteiger partial charge in [0.2, 0.25) is 5.91 Å². The number of thioether (sulfide) groups is 1. The zero-order valence-corrected chi connectivity index (χ0v) is 18.2. The number of halogens is 1. The first-order valence-corrected chi connectivity index (χ1v) is 11.2. The maximum Gasteiger partial charge on any atom is 0.282 e. The third kappa shape index (κ3) is 4.27. The molecule has 0 aliphatic heterocycles. The van der Waals surface area contributed by atoms with Crippen LogP contribution in [0.2, 0.25) is 5.02 Å². The van der Waals surface area contributed by atoms with Gasteiger partial charge in [-0.1, -0.05) is 53.7 Å². The third-order valence-corrected chi connectivity index (χ3v) is 6.46. The van der Waals surface area contributed by atoms with Gasteiger partial charge in [0, 0.05) is 16.0 Å². The van der Waals surface area contributed by atoms with Gasteiger partial charge in [0.1, 0.15) is 10.9 Å². The Morgan fingerprint density at radius 3 is 2.81 bits per heavy atom. The molecule has 4 rings (SSSR count). The SMILES string of the molecule is N#Cc1ccc(Cl)cc1NC(=O)CSc1nc2scc(-c3ccccc3)c2c(=O)n1N. The van der Waals surface area contributed by atoms with Crippen molar-refractivity contribution in [3.63, 3.8) is 0 Å². The molecule has 0 fully saturated rings. The monoisotopic (exact) mass is 467 g/mol. The quantitative estimate of drug-likeness (QED) is 0.259. The van der Waals surface area contributed by atoms with E-state index in [9.17, 15) is 9.59 Å². The fraction of sp³-hybridized carbons (Fsp3) is 0.0476. The Labute approximate surface area is 190 Å². The van der Waals surface area contributed by atoms with Crippen LogP contribution in [0.4, 0.5) is 5.69 Å². The molecule has 0 atom stereocenters. The van der Waals surface area contributed by atoms with Crippen LogP contribution in [0.3, 0.4) is 0 Å². The number of carbonyl (C=O) groups is 1. The number of anilines is 1. The lowest BCUT2D eigenvalue weighted by Crippen LogP contribution is -2.30. The molecule has 7 nitrogen and oxygen atoms in total. The zero-order valence-electron chi connectivity index (χ0n) is 15.8. The second-order valence-electron chi connectivity index (χ2n) is 6.40. The number of thiophene rings is 1. The lowest BCUT2D eigenvalue weighted by atomic mass is 10.1. The molecule has 0 radical (unpaired) electrons. The van der Waals surface area contributed by atoms with Gasteiger partial charge < -0.3 is 11.2 Å². The van der Waals surface area contributed by atoms with Crippen LogP contribution in [-0.4, -0.2) is 21.3 Å². The van der Waals surface area contributed by atoms with Crippen molar-refractivity contribution in [3.8, 4) is 17.2 Å². The first-order chi connectivity index (χ1) is 15.0. The van der Waals surface area contributed by atoms with Crippen LogP contribution < -0.4 is 16.7 Å². The van der Waals surface area contributed by atoms with E-state index in [0.29, 0.717) is 26.5 Å². The van der Waals surface area contributed by atoms with Crippen molar-refractivity contribution in [2.75, 3.05) is 16.9 Å². The van der Waals surface area contributed by atoms with Crippen LogP contribution in [0.5, 0.6) is 0 Å². The van der Waals surface area contributed by atoms with Gasteiger partial charge in [-0.25, -0.2) is 9.66 Å². The molecular weight excluding hydrogens is 454 g/mol. The highest BCUT2D eigenvalue weighted by molar-refractivity contribution is 7.99. The average Bonchev–Trinajstić information content (AvgIpc) is 3.20. The highest BCUT2D eigenvalue weighted by atomic mass is 35.5. The van der Waals surface area contributed by atoms with Gasteiger partial charge in [0.05, 0.1) is 22.4 Å². The molecule has 0 spiro atoms. The molecule has 0 saturated carbocycles. The fourth-order valence-corrected chi connectivity index (χ4v) is 4.83. The number of carbonyl (C=O) groups excluding carboxylic acids is 1. The number of hydrogen-bond acceptors (Lipinski definition) is 7. The summed E-state index contributed by atoms with van der Waals surface area (Å²) in [7, 11) is 0. The highest BCUT2D eigenvalue weighted by Crippen LogP contribution is 2.31. The van der Waals surface area contributed by atoms with E-state index in [1.807, 2.05) is 41.8 Å². The summed E-state index contributed by atoms with van der Waals surface area (Å²) >= 11 is 8.32. The van der Waals surface area contributed by atoms with E-state index in [4.69, 9.17) is 22.7 Å². The molecule has 2 heterocycles. The smallest absolute Gasteiger partial charge is 0.282 e. The van der Waals surface area contributed by atoms with E-state index in [0.717, 1.165) is 27.6 Å². The molecule has 2 aromatic carbocycles. The second kappa shape index (κ2) is 8.81. The zero-order chi connectivity index (χ0) is 22.0. The van der Waals surface area contributed by atoms with Gasteiger partial charge in [-0.05, 0) is 23.8 Å². The molecule has 0 unspecified atom stereocenters. The van der Waals surface area contributed by atoms with Crippen LogP contribution >= 0.6 is 34.7 Å². The normalized spacial score (nSPS) is 10.7. The number of aromatic nitrogens is 2. The van der Waals surface area contributed by atoms with Crippen LogP contribution in [-0.2, 0) is 4.79 Å².